The standard InChI is InChI=1S/C16H35N5O2S/c1-4-15-9-6-7-13-21(15)14-12-19-16(17-5-2)18-10-8-11-20-24(3,22)23/h15,20H,4-14H2,1-3H3,(H2,17,18,19). The average molecular weight is 362 g/mol. The summed E-state index contributed by atoms with van der Waals surface area (Å²) in [5.74, 6) is 0.807. The van der Waals surface area contributed by atoms with Crippen LogP contribution < -0.4 is 15.4 Å². The Morgan fingerprint density at radius 2 is 2.00 bits per heavy atom. The number of sulfonamides is 1. The second-order valence-electron chi connectivity index (χ2n) is 6.30. The van der Waals surface area contributed by atoms with Crippen LogP contribution in [0.5, 0.6) is 0 Å². The van der Waals surface area contributed by atoms with Gasteiger partial charge in [0.25, 0.3) is 0 Å². The summed E-state index contributed by atoms with van der Waals surface area (Å²) < 4.78 is 24.5. The van der Waals surface area contributed by atoms with Crippen LogP contribution in [0.1, 0.15) is 46.0 Å². The largest absolute Gasteiger partial charge is 0.357 e. The molecule has 1 rings (SSSR count). The minimum Gasteiger partial charge on any atom is -0.357 e. The van der Waals surface area contributed by atoms with Crippen molar-refractivity contribution in [3.05, 3.63) is 0 Å². The Hall–Kier alpha value is -0.860. The summed E-state index contributed by atoms with van der Waals surface area (Å²) in [6, 6.07) is 0.724. The van der Waals surface area contributed by atoms with Crippen LogP contribution in [0.2, 0.25) is 0 Å². The van der Waals surface area contributed by atoms with Crippen molar-refractivity contribution >= 4 is 16.0 Å². The van der Waals surface area contributed by atoms with Gasteiger partial charge in [-0.3, -0.25) is 9.89 Å². The van der Waals surface area contributed by atoms with Crippen LogP contribution in [0.4, 0.5) is 0 Å². The van der Waals surface area contributed by atoms with Crippen molar-refractivity contribution in [2.45, 2.75) is 52.0 Å². The highest BCUT2D eigenvalue weighted by atomic mass is 32.2. The molecule has 0 radical (unpaired) electrons. The van der Waals surface area contributed by atoms with Crippen molar-refractivity contribution in [3.63, 3.8) is 0 Å². The summed E-state index contributed by atoms with van der Waals surface area (Å²) in [6.45, 7) is 9.27. The fraction of sp³-hybridized carbons (Fsp3) is 0.938. The van der Waals surface area contributed by atoms with E-state index in [-0.39, 0.29) is 0 Å². The molecule has 1 aliphatic heterocycles. The molecule has 1 heterocycles. The number of rotatable bonds is 10. The van der Waals surface area contributed by atoms with Gasteiger partial charge in [0.15, 0.2) is 5.96 Å². The minimum atomic E-state index is -3.10. The molecular formula is C16H35N5O2S. The molecule has 24 heavy (non-hydrogen) atoms. The van der Waals surface area contributed by atoms with Gasteiger partial charge < -0.3 is 10.6 Å². The summed E-state index contributed by atoms with van der Waals surface area (Å²) in [5.41, 5.74) is 0. The fourth-order valence-corrected chi connectivity index (χ4v) is 3.52. The van der Waals surface area contributed by atoms with E-state index in [1.807, 2.05) is 6.92 Å². The van der Waals surface area contributed by atoms with Gasteiger partial charge in [-0.2, -0.15) is 0 Å². The Balaban J connectivity index is 2.29. The molecule has 0 aliphatic carbocycles. The van der Waals surface area contributed by atoms with Crippen LogP contribution in [-0.2, 0) is 10.0 Å². The Morgan fingerprint density at radius 1 is 1.21 bits per heavy atom. The molecule has 1 aliphatic rings. The first-order valence-corrected chi connectivity index (χ1v) is 11.1. The minimum absolute atomic E-state index is 0.424. The molecular weight excluding hydrogens is 326 g/mol. The monoisotopic (exact) mass is 361 g/mol. The quantitative estimate of drug-likeness (QED) is 0.304. The van der Waals surface area contributed by atoms with Gasteiger partial charge >= 0.3 is 0 Å². The Labute approximate surface area is 147 Å². The molecule has 3 N–H and O–H groups in total. The Morgan fingerprint density at radius 3 is 2.67 bits per heavy atom. The lowest BCUT2D eigenvalue weighted by Gasteiger charge is -2.35. The van der Waals surface area contributed by atoms with Gasteiger partial charge in [0.05, 0.1) is 6.26 Å². The van der Waals surface area contributed by atoms with Gasteiger partial charge in [-0.1, -0.05) is 13.3 Å². The van der Waals surface area contributed by atoms with E-state index in [0.29, 0.717) is 19.5 Å². The van der Waals surface area contributed by atoms with E-state index < -0.39 is 10.0 Å². The number of hydrogen-bond acceptors (Lipinski definition) is 4. The van der Waals surface area contributed by atoms with Crippen molar-refractivity contribution in [2.24, 2.45) is 4.99 Å². The van der Waals surface area contributed by atoms with Gasteiger partial charge in [0.1, 0.15) is 0 Å². The number of hydrogen-bond donors (Lipinski definition) is 3. The molecule has 1 fully saturated rings. The molecule has 0 aromatic heterocycles. The first-order chi connectivity index (χ1) is 11.5. The summed E-state index contributed by atoms with van der Waals surface area (Å²) in [4.78, 5) is 7.08. The molecule has 1 saturated heterocycles. The van der Waals surface area contributed by atoms with Crippen molar-refractivity contribution in [1.82, 2.24) is 20.3 Å². The third-order valence-corrected chi connectivity index (χ3v) is 4.95. The normalized spacial score (nSPS) is 20.1. The molecule has 8 heteroatoms. The highest BCUT2D eigenvalue weighted by Gasteiger charge is 2.19. The molecule has 0 saturated carbocycles. The number of aliphatic imine (C=N–C) groups is 1. The molecule has 1 unspecified atom stereocenters. The second-order valence-corrected chi connectivity index (χ2v) is 8.13. The molecule has 142 valence electrons. The fourth-order valence-electron chi connectivity index (χ4n) is 3.00. The smallest absolute Gasteiger partial charge is 0.208 e. The molecule has 0 aromatic carbocycles. The lowest BCUT2D eigenvalue weighted by Crippen LogP contribution is -2.46. The summed E-state index contributed by atoms with van der Waals surface area (Å²) in [6.07, 6.45) is 7.06. The van der Waals surface area contributed by atoms with Crippen LogP contribution in [0, 0.1) is 0 Å². The van der Waals surface area contributed by atoms with Crippen LogP contribution >= 0.6 is 0 Å². The topological polar surface area (TPSA) is 85.8 Å². The number of likely N-dealkylation sites (tertiary alicyclic amines) is 1. The third kappa shape index (κ3) is 9.44. The SMILES string of the molecule is CCNC(=NCCCNS(C)(=O)=O)NCCN1CCCCC1CC. The van der Waals surface area contributed by atoms with Crippen molar-refractivity contribution in [1.29, 1.82) is 0 Å². The first kappa shape index (κ1) is 21.2. The van der Waals surface area contributed by atoms with Gasteiger partial charge in [-0.15, -0.1) is 0 Å². The summed E-state index contributed by atoms with van der Waals surface area (Å²) in [5, 5.41) is 6.61. The third-order valence-electron chi connectivity index (χ3n) is 4.23. The molecule has 0 spiro atoms. The van der Waals surface area contributed by atoms with Gasteiger partial charge in [-0.05, 0) is 39.2 Å². The average Bonchev–Trinajstić information content (AvgIpc) is 2.54. The molecule has 0 bridgehead atoms. The number of piperidine rings is 1. The van der Waals surface area contributed by atoms with E-state index in [0.717, 1.165) is 31.6 Å². The maximum Gasteiger partial charge on any atom is 0.208 e. The summed E-state index contributed by atoms with van der Waals surface area (Å²) in [7, 11) is -3.10. The van der Waals surface area contributed by atoms with Crippen LogP contribution in [-0.4, -0.2) is 70.8 Å². The Kier molecular flexibility index (Phi) is 10.3. The number of nitrogens with one attached hydrogen (secondary N) is 3. The molecule has 0 aromatic rings. The van der Waals surface area contributed by atoms with E-state index in [1.54, 1.807) is 0 Å². The van der Waals surface area contributed by atoms with Crippen LogP contribution in [0.25, 0.3) is 0 Å². The van der Waals surface area contributed by atoms with Crippen molar-refractivity contribution < 1.29 is 8.42 Å². The van der Waals surface area contributed by atoms with Crippen LogP contribution in [0.15, 0.2) is 4.99 Å². The number of guanidine groups is 1. The van der Waals surface area contributed by atoms with E-state index in [9.17, 15) is 8.42 Å². The first-order valence-electron chi connectivity index (χ1n) is 9.17. The van der Waals surface area contributed by atoms with Crippen molar-refractivity contribution in [2.75, 3.05) is 45.5 Å². The highest BCUT2D eigenvalue weighted by molar-refractivity contribution is 7.88. The van der Waals surface area contributed by atoms with Gasteiger partial charge in [0, 0.05) is 38.8 Å². The van der Waals surface area contributed by atoms with Crippen LogP contribution in [0.3, 0.4) is 0 Å². The molecule has 7 nitrogen and oxygen atoms in total. The number of nitrogens with zero attached hydrogens (tertiary/aromatic N) is 2. The van der Waals surface area contributed by atoms with Crippen molar-refractivity contribution in [3.8, 4) is 0 Å². The van der Waals surface area contributed by atoms with Gasteiger partial charge in [0.2, 0.25) is 10.0 Å². The van der Waals surface area contributed by atoms with E-state index >= 15 is 0 Å². The zero-order valence-corrected chi connectivity index (χ0v) is 16.3. The maximum atomic E-state index is 11.0. The maximum absolute atomic E-state index is 11.0. The molecule has 0 amide bonds. The van der Waals surface area contributed by atoms with E-state index in [2.05, 4.69) is 32.2 Å². The van der Waals surface area contributed by atoms with E-state index in [1.165, 1.54) is 38.5 Å². The van der Waals surface area contributed by atoms with Gasteiger partial charge in [-0.25, -0.2) is 13.1 Å². The zero-order valence-electron chi connectivity index (χ0n) is 15.5. The lowest BCUT2D eigenvalue weighted by molar-refractivity contribution is 0.147. The highest BCUT2D eigenvalue weighted by Crippen LogP contribution is 2.18. The predicted octanol–water partition coefficient (Wildman–Crippen LogP) is 0.745. The predicted molar refractivity (Wildman–Crippen MR) is 101 cm³/mol. The molecule has 1 atom stereocenters. The summed E-state index contributed by atoms with van der Waals surface area (Å²) >= 11 is 0. The van der Waals surface area contributed by atoms with E-state index in [4.69, 9.17) is 0 Å². The zero-order chi connectivity index (χ0) is 17.8. The Bertz CT molecular complexity index is 467. The second kappa shape index (κ2) is 11.7. The lowest BCUT2D eigenvalue weighted by atomic mass is 10.0.